The fourth-order valence-corrected chi connectivity index (χ4v) is 2.42. The normalized spacial score (nSPS) is 24.4. The van der Waals surface area contributed by atoms with Crippen molar-refractivity contribution in [3.63, 3.8) is 0 Å². The Bertz CT molecular complexity index is 236. The molecule has 0 aromatic heterocycles. The van der Waals surface area contributed by atoms with E-state index in [1.165, 1.54) is 0 Å². The average Bonchev–Trinajstić information content (AvgIpc) is 2.55. The number of nitrogens with one attached hydrogen (secondary N) is 1. The van der Waals surface area contributed by atoms with Gasteiger partial charge < -0.3 is 11.1 Å². The lowest BCUT2D eigenvalue weighted by Crippen LogP contribution is -2.60. The summed E-state index contributed by atoms with van der Waals surface area (Å²) in [6.45, 7) is 10.1. The first kappa shape index (κ1) is 13.5. The summed E-state index contributed by atoms with van der Waals surface area (Å²) in [6.07, 6.45) is 2.06. The van der Waals surface area contributed by atoms with E-state index in [1.807, 2.05) is 6.92 Å². The van der Waals surface area contributed by atoms with Gasteiger partial charge in [0.15, 0.2) is 0 Å². The van der Waals surface area contributed by atoms with Crippen LogP contribution in [0.3, 0.4) is 0 Å². The van der Waals surface area contributed by atoms with Crippen molar-refractivity contribution in [2.75, 3.05) is 26.2 Å². The third-order valence-electron chi connectivity index (χ3n) is 4.07. The molecule has 16 heavy (non-hydrogen) atoms. The molecule has 1 saturated heterocycles. The first-order valence-electron chi connectivity index (χ1n) is 6.29. The lowest BCUT2D eigenvalue weighted by atomic mass is 9.82. The first-order valence-corrected chi connectivity index (χ1v) is 6.29. The molecule has 2 unspecified atom stereocenters. The number of primary amides is 1. The summed E-state index contributed by atoms with van der Waals surface area (Å²) >= 11 is 0. The molecule has 1 fully saturated rings. The van der Waals surface area contributed by atoms with Crippen LogP contribution in [0.2, 0.25) is 0 Å². The van der Waals surface area contributed by atoms with Gasteiger partial charge in [0.2, 0.25) is 5.91 Å². The molecule has 0 radical (unpaired) electrons. The Morgan fingerprint density at radius 1 is 1.50 bits per heavy atom. The molecule has 1 aliphatic rings. The molecule has 2 atom stereocenters. The minimum atomic E-state index is -0.499. The molecule has 1 amide bonds. The molecule has 0 aliphatic carbocycles. The predicted octanol–water partition coefficient (Wildman–Crippen LogP) is 0.572. The van der Waals surface area contributed by atoms with Gasteiger partial charge in [-0.3, -0.25) is 9.69 Å². The standard InChI is InChI=1S/C12H25N3O/c1-4-10(2)12(3,11(13)16)15-8-5-6-14-7-9-15/h10,14H,4-9H2,1-3H3,(H2,13,16). The van der Waals surface area contributed by atoms with Crippen molar-refractivity contribution in [3.05, 3.63) is 0 Å². The van der Waals surface area contributed by atoms with Crippen LogP contribution in [0.5, 0.6) is 0 Å². The molecule has 4 heteroatoms. The van der Waals surface area contributed by atoms with Crippen molar-refractivity contribution in [3.8, 4) is 0 Å². The number of nitrogens with two attached hydrogens (primary N) is 1. The molecular weight excluding hydrogens is 202 g/mol. The Kier molecular flexibility index (Phi) is 4.74. The topological polar surface area (TPSA) is 58.4 Å². The average molecular weight is 227 g/mol. The summed E-state index contributed by atoms with van der Waals surface area (Å²) < 4.78 is 0. The van der Waals surface area contributed by atoms with Crippen LogP contribution in [0.1, 0.15) is 33.6 Å². The quantitative estimate of drug-likeness (QED) is 0.738. The zero-order chi connectivity index (χ0) is 12.2. The van der Waals surface area contributed by atoms with Gasteiger partial charge in [-0.15, -0.1) is 0 Å². The molecule has 0 saturated carbocycles. The highest BCUT2D eigenvalue weighted by Gasteiger charge is 2.41. The molecular formula is C12H25N3O. The van der Waals surface area contributed by atoms with Gasteiger partial charge in [0.1, 0.15) is 0 Å². The fourth-order valence-electron chi connectivity index (χ4n) is 2.42. The second kappa shape index (κ2) is 5.64. The lowest BCUT2D eigenvalue weighted by Gasteiger charge is -2.42. The van der Waals surface area contributed by atoms with Crippen molar-refractivity contribution < 1.29 is 4.79 Å². The van der Waals surface area contributed by atoms with Crippen molar-refractivity contribution >= 4 is 5.91 Å². The van der Waals surface area contributed by atoms with Gasteiger partial charge in [-0.05, 0) is 25.8 Å². The van der Waals surface area contributed by atoms with Crippen LogP contribution >= 0.6 is 0 Å². The summed E-state index contributed by atoms with van der Waals surface area (Å²) in [7, 11) is 0. The van der Waals surface area contributed by atoms with E-state index < -0.39 is 5.54 Å². The SMILES string of the molecule is CCC(C)C(C)(C(N)=O)N1CCCNCC1. The van der Waals surface area contributed by atoms with Gasteiger partial charge >= 0.3 is 0 Å². The largest absolute Gasteiger partial charge is 0.368 e. The third kappa shape index (κ3) is 2.55. The highest BCUT2D eigenvalue weighted by molar-refractivity contribution is 5.84. The molecule has 0 spiro atoms. The van der Waals surface area contributed by atoms with Crippen molar-refractivity contribution in [2.24, 2.45) is 11.7 Å². The van der Waals surface area contributed by atoms with E-state index in [9.17, 15) is 4.79 Å². The van der Waals surface area contributed by atoms with E-state index >= 15 is 0 Å². The second-order valence-electron chi connectivity index (χ2n) is 4.91. The smallest absolute Gasteiger partial charge is 0.237 e. The highest BCUT2D eigenvalue weighted by Crippen LogP contribution is 2.27. The van der Waals surface area contributed by atoms with E-state index in [0.29, 0.717) is 5.92 Å². The molecule has 0 aromatic rings. The molecule has 1 rings (SSSR count). The number of amides is 1. The van der Waals surface area contributed by atoms with Crippen LogP contribution in [-0.2, 0) is 4.79 Å². The maximum atomic E-state index is 11.8. The molecule has 1 aliphatic heterocycles. The third-order valence-corrected chi connectivity index (χ3v) is 4.07. The van der Waals surface area contributed by atoms with Crippen LogP contribution in [-0.4, -0.2) is 42.5 Å². The number of carbonyl (C=O) groups is 1. The molecule has 4 nitrogen and oxygen atoms in total. The summed E-state index contributed by atoms with van der Waals surface area (Å²) in [5, 5.41) is 3.35. The molecule has 1 heterocycles. The van der Waals surface area contributed by atoms with Gasteiger partial charge in [0.25, 0.3) is 0 Å². The van der Waals surface area contributed by atoms with Gasteiger partial charge in [0, 0.05) is 19.6 Å². The number of hydrogen-bond donors (Lipinski definition) is 2. The number of carbonyl (C=O) groups excluding carboxylic acids is 1. The van der Waals surface area contributed by atoms with Gasteiger partial charge in [-0.1, -0.05) is 20.3 Å². The molecule has 94 valence electrons. The summed E-state index contributed by atoms with van der Waals surface area (Å²) in [5.41, 5.74) is 5.13. The Morgan fingerprint density at radius 3 is 2.75 bits per heavy atom. The Balaban J connectivity index is 2.86. The minimum Gasteiger partial charge on any atom is -0.368 e. The maximum absolute atomic E-state index is 11.8. The number of nitrogens with zero attached hydrogens (tertiary/aromatic N) is 1. The minimum absolute atomic E-state index is 0.191. The van der Waals surface area contributed by atoms with Crippen LogP contribution in [0.25, 0.3) is 0 Å². The molecule has 0 aromatic carbocycles. The zero-order valence-corrected chi connectivity index (χ0v) is 10.8. The van der Waals surface area contributed by atoms with Crippen LogP contribution < -0.4 is 11.1 Å². The first-order chi connectivity index (χ1) is 7.53. The lowest BCUT2D eigenvalue weighted by molar-refractivity contribution is -0.132. The van der Waals surface area contributed by atoms with E-state index in [0.717, 1.165) is 39.0 Å². The maximum Gasteiger partial charge on any atom is 0.237 e. The summed E-state index contributed by atoms with van der Waals surface area (Å²) in [4.78, 5) is 14.0. The van der Waals surface area contributed by atoms with Crippen molar-refractivity contribution in [2.45, 2.75) is 39.2 Å². The highest BCUT2D eigenvalue weighted by atomic mass is 16.1. The molecule has 3 N–H and O–H groups in total. The van der Waals surface area contributed by atoms with Crippen LogP contribution in [0.4, 0.5) is 0 Å². The van der Waals surface area contributed by atoms with Crippen molar-refractivity contribution in [1.29, 1.82) is 0 Å². The second-order valence-corrected chi connectivity index (χ2v) is 4.91. The van der Waals surface area contributed by atoms with E-state index in [1.54, 1.807) is 0 Å². The number of rotatable bonds is 4. The Hall–Kier alpha value is -0.610. The van der Waals surface area contributed by atoms with E-state index in [4.69, 9.17) is 5.73 Å². The Morgan fingerprint density at radius 2 is 2.19 bits per heavy atom. The number of hydrogen-bond acceptors (Lipinski definition) is 3. The fraction of sp³-hybridized carbons (Fsp3) is 0.917. The predicted molar refractivity (Wildman–Crippen MR) is 66.1 cm³/mol. The summed E-state index contributed by atoms with van der Waals surface area (Å²) in [5.74, 6) is 0.104. The van der Waals surface area contributed by atoms with Crippen LogP contribution in [0.15, 0.2) is 0 Å². The van der Waals surface area contributed by atoms with Gasteiger partial charge in [0.05, 0.1) is 5.54 Å². The van der Waals surface area contributed by atoms with E-state index in [2.05, 4.69) is 24.1 Å². The monoisotopic (exact) mass is 227 g/mol. The van der Waals surface area contributed by atoms with Crippen molar-refractivity contribution in [1.82, 2.24) is 10.2 Å². The zero-order valence-electron chi connectivity index (χ0n) is 10.8. The molecule has 0 bridgehead atoms. The van der Waals surface area contributed by atoms with Gasteiger partial charge in [-0.2, -0.15) is 0 Å². The van der Waals surface area contributed by atoms with Gasteiger partial charge in [-0.25, -0.2) is 0 Å². The Labute approximate surface area is 98.6 Å². The van der Waals surface area contributed by atoms with Crippen LogP contribution in [0, 0.1) is 5.92 Å². The van der Waals surface area contributed by atoms with E-state index in [-0.39, 0.29) is 5.91 Å². The summed E-state index contributed by atoms with van der Waals surface area (Å²) in [6, 6.07) is 0.